The minimum absolute atomic E-state index is 0.0971. The van der Waals surface area contributed by atoms with Crippen LogP contribution >= 0.6 is 0 Å². The zero-order chi connectivity index (χ0) is 22.4. The molecular weight excluding hydrogens is 419 g/mol. The number of fused-ring (bicyclic) bond motifs is 1. The van der Waals surface area contributed by atoms with E-state index >= 15 is 0 Å². The lowest BCUT2D eigenvalue weighted by atomic mass is 10.0. The number of hydrogen-bond donors (Lipinski definition) is 2. The zero-order valence-corrected chi connectivity index (χ0v) is 18.5. The van der Waals surface area contributed by atoms with E-state index in [1.54, 1.807) is 44.0 Å². The summed E-state index contributed by atoms with van der Waals surface area (Å²) in [5, 5.41) is 0.783. The molecule has 0 bridgehead atoms. The Morgan fingerprint density at radius 3 is 2.61 bits per heavy atom. The van der Waals surface area contributed by atoms with E-state index < -0.39 is 21.3 Å². The molecule has 2 heterocycles. The predicted octanol–water partition coefficient (Wildman–Crippen LogP) is 4.28. The van der Waals surface area contributed by atoms with Crippen molar-refractivity contribution in [3.05, 3.63) is 42.3 Å². The molecule has 7 nitrogen and oxygen atoms in total. The maximum absolute atomic E-state index is 14.9. The maximum Gasteiger partial charge on any atom is 0.233 e. The van der Waals surface area contributed by atoms with Crippen molar-refractivity contribution in [2.24, 2.45) is 5.41 Å². The fraction of sp³-hybridized carbons (Fsp3) is 0.364. The summed E-state index contributed by atoms with van der Waals surface area (Å²) in [6.45, 7) is 5.41. The molecule has 0 aliphatic heterocycles. The van der Waals surface area contributed by atoms with E-state index in [9.17, 15) is 17.6 Å². The summed E-state index contributed by atoms with van der Waals surface area (Å²) in [5.74, 6) is -0.300. The van der Waals surface area contributed by atoms with Crippen molar-refractivity contribution < 1.29 is 17.6 Å². The Morgan fingerprint density at radius 1 is 1.26 bits per heavy atom. The lowest BCUT2D eigenvalue weighted by molar-refractivity contribution is -0.107. The van der Waals surface area contributed by atoms with E-state index in [1.165, 1.54) is 12.1 Å². The lowest BCUT2D eigenvalue weighted by Gasteiger charge is -2.19. The number of aromatic nitrogens is 2. The summed E-state index contributed by atoms with van der Waals surface area (Å²) in [5.41, 5.74) is 1.31. The van der Waals surface area contributed by atoms with E-state index in [4.69, 9.17) is 0 Å². The van der Waals surface area contributed by atoms with Crippen LogP contribution in [0.3, 0.4) is 0 Å². The average molecular weight is 445 g/mol. The van der Waals surface area contributed by atoms with Crippen molar-refractivity contribution in [3.8, 4) is 11.1 Å². The van der Waals surface area contributed by atoms with Crippen LogP contribution in [-0.2, 0) is 14.8 Å². The molecule has 2 N–H and O–H groups in total. The van der Waals surface area contributed by atoms with Crippen molar-refractivity contribution in [2.75, 3.05) is 15.4 Å². The van der Waals surface area contributed by atoms with Crippen LogP contribution in [0.5, 0.6) is 0 Å². The first kappa shape index (κ1) is 21.3. The van der Waals surface area contributed by atoms with Gasteiger partial charge in [0.1, 0.15) is 17.3 Å². The fourth-order valence-corrected chi connectivity index (χ4v) is 5.33. The topological polar surface area (TPSA) is 95.2 Å². The van der Waals surface area contributed by atoms with Gasteiger partial charge in [0, 0.05) is 17.6 Å². The van der Waals surface area contributed by atoms with Crippen molar-refractivity contribution in [1.29, 1.82) is 0 Å². The Bertz CT molecular complexity index is 1240. The van der Waals surface area contributed by atoms with Gasteiger partial charge < -0.3 is 4.98 Å². The largest absolute Gasteiger partial charge is 0.346 e. The monoisotopic (exact) mass is 444 g/mol. The van der Waals surface area contributed by atoms with Gasteiger partial charge in [-0.2, -0.15) is 0 Å². The molecule has 1 fully saturated rings. The second-order valence-corrected chi connectivity index (χ2v) is 10.9. The van der Waals surface area contributed by atoms with Crippen LogP contribution in [0.2, 0.25) is 0 Å². The maximum atomic E-state index is 14.9. The number of aromatic amines is 1. The Labute approximate surface area is 180 Å². The van der Waals surface area contributed by atoms with Gasteiger partial charge in [-0.05, 0) is 53.6 Å². The number of H-pyrrole nitrogens is 1. The molecule has 0 saturated heterocycles. The van der Waals surface area contributed by atoms with Gasteiger partial charge >= 0.3 is 0 Å². The number of nitrogens with one attached hydrogen (secondary N) is 2. The van der Waals surface area contributed by atoms with Crippen molar-refractivity contribution in [2.45, 2.75) is 39.7 Å². The van der Waals surface area contributed by atoms with Crippen molar-refractivity contribution >= 4 is 39.0 Å². The predicted molar refractivity (Wildman–Crippen MR) is 120 cm³/mol. The molecule has 0 unspecified atom stereocenters. The Kier molecular flexibility index (Phi) is 5.25. The molecule has 0 spiro atoms. The number of anilines is 2. The van der Waals surface area contributed by atoms with Gasteiger partial charge in [-0.3, -0.25) is 14.4 Å². The van der Waals surface area contributed by atoms with E-state index in [0.29, 0.717) is 22.6 Å². The smallest absolute Gasteiger partial charge is 0.233 e. The minimum atomic E-state index is -3.69. The zero-order valence-electron chi connectivity index (χ0n) is 17.6. The first-order chi connectivity index (χ1) is 14.6. The number of amides is 1. The first-order valence-corrected chi connectivity index (χ1v) is 11.7. The van der Waals surface area contributed by atoms with Crippen LogP contribution in [0.15, 0.2) is 36.5 Å². The molecule has 1 amide bonds. The van der Waals surface area contributed by atoms with Crippen molar-refractivity contribution in [1.82, 2.24) is 9.97 Å². The molecule has 9 heteroatoms. The lowest BCUT2D eigenvalue weighted by Crippen LogP contribution is -2.26. The van der Waals surface area contributed by atoms with Gasteiger partial charge in [0.15, 0.2) is 0 Å². The normalized spacial score (nSPS) is 14.6. The third-order valence-electron chi connectivity index (χ3n) is 5.00. The molecule has 1 aliphatic carbocycles. The number of pyridine rings is 1. The Hall–Kier alpha value is -2.94. The summed E-state index contributed by atoms with van der Waals surface area (Å²) in [6.07, 6.45) is 4.36. The van der Waals surface area contributed by atoms with Crippen LogP contribution in [-0.4, -0.2) is 36.6 Å². The van der Waals surface area contributed by atoms with Gasteiger partial charge in [0.2, 0.25) is 16.4 Å². The number of hydrogen-bond acceptors (Lipinski definition) is 4. The quantitative estimate of drug-likeness (QED) is 0.532. The van der Waals surface area contributed by atoms with E-state index in [1.807, 2.05) is 6.07 Å². The van der Waals surface area contributed by atoms with Crippen LogP contribution in [0.4, 0.5) is 15.9 Å². The molecule has 1 aromatic carbocycles. The molecule has 1 aliphatic rings. The summed E-state index contributed by atoms with van der Waals surface area (Å²) in [4.78, 5) is 20.8. The van der Waals surface area contributed by atoms with Crippen molar-refractivity contribution in [3.63, 3.8) is 0 Å². The number of sulfonamides is 1. The van der Waals surface area contributed by atoms with Gasteiger partial charge in [0.05, 0.1) is 11.4 Å². The molecule has 31 heavy (non-hydrogen) atoms. The van der Waals surface area contributed by atoms with Gasteiger partial charge in [-0.15, -0.1) is 0 Å². The highest BCUT2D eigenvalue weighted by Crippen LogP contribution is 2.36. The molecule has 0 atom stereocenters. The molecule has 164 valence electrons. The van der Waals surface area contributed by atoms with Crippen LogP contribution in [0.25, 0.3) is 22.2 Å². The minimum Gasteiger partial charge on any atom is -0.346 e. The van der Waals surface area contributed by atoms with E-state index in [0.717, 1.165) is 24.6 Å². The molecule has 0 radical (unpaired) electrons. The molecule has 2 aromatic heterocycles. The summed E-state index contributed by atoms with van der Waals surface area (Å²) >= 11 is 0. The highest BCUT2D eigenvalue weighted by molar-refractivity contribution is 7.92. The highest BCUT2D eigenvalue weighted by Gasteiger charge is 2.30. The SMILES string of the molecule is CC(C)(C)CS(=O)(=O)Nc1ccc(-c2cc(N(C=O)C3CC3)nc3[nH]ccc23)cc1F. The third-order valence-corrected chi connectivity index (χ3v) is 6.78. The second-order valence-electron chi connectivity index (χ2n) is 9.13. The summed E-state index contributed by atoms with van der Waals surface area (Å²) in [7, 11) is -3.69. The number of nitrogens with zero attached hydrogens (tertiary/aromatic N) is 2. The molecule has 4 rings (SSSR count). The van der Waals surface area contributed by atoms with Gasteiger partial charge in [-0.25, -0.2) is 17.8 Å². The van der Waals surface area contributed by atoms with E-state index in [2.05, 4.69) is 14.7 Å². The fourth-order valence-electron chi connectivity index (χ4n) is 3.61. The number of rotatable bonds is 7. The average Bonchev–Trinajstić information content (AvgIpc) is 3.37. The van der Waals surface area contributed by atoms with Crippen LogP contribution in [0, 0.1) is 11.2 Å². The molecule has 3 aromatic rings. The highest BCUT2D eigenvalue weighted by atomic mass is 32.2. The van der Waals surface area contributed by atoms with E-state index in [-0.39, 0.29) is 17.5 Å². The number of halogens is 1. The van der Waals surface area contributed by atoms with Gasteiger partial charge in [-0.1, -0.05) is 26.8 Å². The Morgan fingerprint density at radius 2 is 2.00 bits per heavy atom. The van der Waals surface area contributed by atoms with Crippen LogP contribution in [0.1, 0.15) is 33.6 Å². The Balaban J connectivity index is 1.71. The van der Waals surface area contributed by atoms with Crippen LogP contribution < -0.4 is 9.62 Å². The number of benzene rings is 1. The number of carbonyl (C=O) groups excluding carboxylic acids is 1. The summed E-state index contributed by atoms with van der Waals surface area (Å²) < 4.78 is 41.9. The van der Waals surface area contributed by atoms with Gasteiger partial charge in [0.25, 0.3) is 0 Å². The molecular formula is C22H25FN4O3S. The molecule has 1 saturated carbocycles. The third kappa shape index (κ3) is 4.71. The standard InChI is InChI=1S/C22H25FN4O3S/c1-22(2,3)12-31(29,30)26-19-7-4-14(10-18(19)23)17-11-20(27(13-28)15-5-6-15)25-21-16(17)8-9-24-21/h4,7-11,13,15,26H,5-6,12H2,1-3H3,(H,24,25). The number of carbonyl (C=O) groups is 1. The first-order valence-electron chi connectivity index (χ1n) is 10.1. The summed E-state index contributed by atoms with van der Waals surface area (Å²) in [6, 6.07) is 8.11. The second kappa shape index (κ2) is 7.64.